The second kappa shape index (κ2) is 13.2. The molecule has 2 aromatic carbocycles. The van der Waals surface area contributed by atoms with Crippen LogP contribution in [0.25, 0.3) is 11.3 Å². The molecule has 1 aliphatic rings. The number of amides is 1. The Kier molecular flexibility index (Phi) is 9.88. The molecule has 1 amide bonds. The summed E-state index contributed by atoms with van der Waals surface area (Å²) in [6.45, 7) is 0.748. The quantitative estimate of drug-likeness (QED) is 0.351. The predicted octanol–water partition coefficient (Wildman–Crippen LogP) is 3.64. The minimum Gasteiger partial charge on any atom is -0.384 e. The summed E-state index contributed by atoms with van der Waals surface area (Å²) in [5.74, 6) is -2.26. The summed E-state index contributed by atoms with van der Waals surface area (Å²) in [6.07, 6.45) is 0.678. The van der Waals surface area contributed by atoms with Crippen molar-refractivity contribution in [2.75, 3.05) is 24.7 Å². The Hall–Kier alpha value is -3.22. The first-order chi connectivity index (χ1) is 19.5. The van der Waals surface area contributed by atoms with Gasteiger partial charge in [0.15, 0.2) is 0 Å². The number of imidazole rings is 1. The maximum atomic E-state index is 14.9. The van der Waals surface area contributed by atoms with E-state index in [9.17, 15) is 31.5 Å². The Balaban J connectivity index is 1.89. The van der Waals surface area contributed by atoms with Crippen LogP contribution in [0.15, 0.2) is 54.7 Å². The second-order valence-electron chi connectivity index (χ2n) is 10.6. The first-order valence-electron chi connectivity index (χ1n) is 13.6. The van der Waals surface area contributed by atoms with Crippen LogP contribution in [-0.4, -0.2) is 70.8 Å². The molecule has 0 spiro atoms. The van der Waals surface area contributed by atoms with Crippen LogP contribution in [0.2, 0.25) is 0 Å². The number of carbonyl (C=O) groups is 1. The number of halogens is 3. The summed E-state index contributed by atoms with van der Waals surface area (Å²) in [4.78, 5) is 19.6. The summed E-state index contributed by atoms with van der Waals surface area (Å²) in [5, 5.41) is 10.3. The van der Waals surface area contributed by atoms with E-state index in [1.165, 1.54) is 11.8 Å². The topological polar surface area (TPSA) is 119 Å². The van der Waals surface area contributed by atoms with Gasteiger partial charge >= 0.3 is 0 Å². The maximum Gasteiger partial charge on any atom is 0.251 e. The lowest BCUT2D eigenvalue weighted by atomic mass is 9.90. The highest BCUT2D eigenvalue weighted by Gasteiger charge is 2.40. The average molecular weight is 593 g/mol. The lowest BCUT2D eigenvalue weighted by Crippen LogP contribution is -2.47. The molecule has 0 aliphatic carbocycles. The standard InChI is InChI=1S/C29H35F3N4O4S/c1-19(37)29(38)36(12-9-23(33)16-30)27(21-10-13-41(39,40)14-11-21)28-34-26(24-15-22(31)7-8-25(24)32)18-35(28)17-20-5-3-2-4-6-20/h2-8,15,18-19,21,23,27,37H,9-14,16-17,33H2,1H3/t19-,23-,27+/m0/s1. The number of nitrogens with zero attached hydrogens (tertiary/aromatic N) is 3. The van der Waals surface area contributed by atoms with E-state index >= 15 is 0 Å². The molecule has 12 heteroatoms. The minimum atomic E-state index is -3.27. The van der Waals surface area contributed by atoms with Gasteiger partial charge in [0.1, 0.15) is 40.1 Å². The zero-order chi connectivity index (χ0) is 29.7. The van der Waals surface area contributed by atoms with Crippen molar-refractivity contribution in [2.24, 2.45) is 11.7 Å². The highest BCUT2D eigenvalue weighted by molar-refractivity contribution is 7.91. The molecule has 8 nitrogen and oxygen atoms in total. The van der Waals surface area contributed by atoms with Crippen LogP contribution in [0, 0.1) is 17.6 Å². The summed E-state index contributed by atoms with van der Waals surface area (Å²) < 4.78 is 68.7. The smallest absolute Gasteiger partial charge is 0.251 e. The number of aromatic nitrogens is 2. The van der Waals surface area contributed by atoms with Crippen LogP contribution >= 0.6 is 0 Å². The van der Waals surface area contributed by atoms with Gasteiger partial charge in [-0.25, -0.2) is 26.6 Å². The molecule has 0 bridgehead atoms. The van der Waals surface area contributed by atoms with E-state index in [1.54, 1.807) is 10.8 Å². The molecule has 0 radical (unpaired) electrons. The average Bonchev–Trinajstić information content (AvgIpc) is 3.35. The van der Waals surface area contributed by atoms with E-state index in [4.69, 9.17) is 10.7 Å². The largest absolute Gasteiger partial charge is 0.384 e. The Morgan fingerprint density at radius 3 is 2.49 bits per heavy atom. The molecule has 3 atom stereocenters. The molecule has 2 heterocycles. The van der Waals surface area contributed by atoms with Crippen LogP contribution in [0.1, 0.15) is 43.6 Å². The SMILES string of the molecule is C[C@H](O)C(=O)N(CC[C@H](N)CF)[C@@H](c1nc(-c2cc(F)ccc2F)cn1Cc1ccccc1)C1CCS(=O)(=O)CC1. The van der Waals surface area contributed by atoms with Crippen LogP contribution in [0.5, 0.6) is 0 Å². The van der Waals surface area contributed by atoms with Gasteiger partial charge in [-0.1, -0.05) is 30.3 Å². The Bertz CT molecular complexity index is 1440. The van der Waals surface area contributed by atoms with Gasteiger partial charge in [0.05, 0.1) is 23.2 Å². The number of alkyl halides is 1. The first kappa shape index (κ1) is 30.7. The molecule has 3 N–H and O–H groups in total. The minimum absolute atomic E-state index is 0.0232. The number of aliphatic hydroxyl groups is 1. The molecule has 0 unspecified atom stereocenters. The summed E-state index contributed by atoms with van der Waals surface area (Å²) in [6, 6.07) is 10.7. The van der Waals surface area contributed by atoms with E-state index in [0.717, 1.165) is 23.8 Å². The number of carbonyl (C=O) groups excluding carboxylic acids is 1. The summed E-state index contributed by atoms with van der Waals surface area (Å²) in [5.41, 5.74) is 6.77. The van der Waals surface area contributed by atoms with Crippen molar-refractivity contribution in [3.8, 4) is 11.3 Å². The van der Waals surface area contributed by atoms with E-state index in [0.29, 0.717) is 5.82 Å². The third-order valence-corrected chi connectivity index (χ3v) is 9.15. The molecule has 1 fully saturated rings. The Labute approximate surface area is 237 Å². The lowest BCUT2D eigenvalue weighted by molar-refractivity contribution is -0.143. The van der Waals surface area contributed by atoms with Gasteiger partial charge in [0.2, 0.25) is 0 Å². The van der Waals surface area contributed by atoms with Crippen LogP contribution in [0.4, 0.5) is 13.2 Å². The van der Waals surface area contributed by atoms with Crippen molar-refractivity contribution < 1.29 is 31.5 Å². The zero-order valence-electron chi connectivity index (χ0n) is 22.8. The summed E-state index contributed by atoms with van der Waals surface area (Å²) in [7, 11) is -3.27. The fourth-order valence-electron chi connectivity index (χ4n) is 5.23. The van der Waals surface area contributed by atoms with Crippen molar-refractivity contribution in [1.29, 1.82) is 0 Å². The lowest BCUT2D eigenvalue weighted by Gasteiger charge is -2.39. The molecule has 41 heavy (non-hydrogen) atoms. The second-order valence-corrected chi connectivity index (χ2v) is 12.9. The van der Waals surface area contributed by atoms with E-state index < -0.39 is 58.2 Å². The molecule has 3 aromatic rings. The fraction of sp³-hybridized carbons (Fsp3) is 0.448. The van der Waals surface area contributed by atoms with Gasteiger partial charge in [-0.3, -0.25) is 4.79 Å². The van der Waals surface area contributed by atoms with E-state index in [-0.39, 0.29) is 55.1 Å². The van der Waals surface area contributed by atoms with E-state index in [1.807, 2.05) is 30.3 Å². The van der Waals surface area contributed by atoms with Crippen LogP contribution in [0.3, 0.4) is 0 Å². The molecule has 0 saturated carbocycles. The van der Waals surface area contributed by atoms with Crippen LogP contribution < -0.4 is 5.73 Å². The van der Waals surface area contributed by atoms with Gasteiger partial charge < -0.3 is 20.3 Å². The highest BCUT2D eigenvalue weighted by atomic mass is 32.2. The van der Waals surface area contributed by atoms with Gasteiger partial charge in [0.25, 0.3) is 5.91 Å². The molecule has 1 aromatic heterocycles. The van der Waals surface area contributed by atoms with Crippen molar-refractivity contribution in [1.82, 2.24) is 14.5 Å². The number of sulfone groups is 1. The van der Waals surface area contributed by atoms with Gasteiger partial charge in [-0.15, -0.1) is 0 Å². The van der Waals surface area contributed by atoms with Crippen molar-refractivity contribution in [3.63, 3.8) is 0 Å². The van der Waals surface area contributed by atoms with Crippen molar-refractivity contribution in [3.05, 3.63) is 77.8 Å². The normalized spacial score (nSPS) is 17.6. The number of hydrogen-bond donors (Lipinski definition) is 2. The van der Waals surface area contributed by atoms with Gasteiger partial charge in [-0.05, 0) is 55.9 Å². The molecule has 222 valence electrons. The molecule has 1 aliphatic heterocycles. The molecule has 1 saturated heterocycles. The molecule has 4 rings (SSSR count). The summed E-state index contributed by atoms with van der Waals surface area (Å²) >= 11 is 0. The van der Waals surface area contributed by atoms with Gasteiger partial charge in [0, 0.05) is 30.9 Å². The third-order valence-electron chi connectivity index (χ3n) is 7.43. The Morgan fingerprint density at radius 1 is 1.17 bits per heavy atom. The molecular weight excluding hydrogens is 557 g/mol. The number of rotatable bonds is 11. The third kappa shape index (κ3) is 7.55. The number of nitrogens with two attached hydrogens (primary N) is 1. The predicted molar refractivity (Wildman–Crippen MR) is 149 cm³/mol. The van der Waals surface area contributed by atoms with Crippen LogP contribution in [-0.2, 0) is 21.2 Å². The number of hydrogen-bond acceptors (Lipinski definition) is 6. The van der Waals surface area contributed by atoms with Crippen molar-refractivity contribution >= 4 is 15.7 Å². The first-order valence-corrected chi connectivity index (χ1v) is 15.4. The maximum absolute atomic E-state index is 14.9. The fourth-order valence-corrected chi connectivity index (χ4v) is 6.76. The highest BCUT2D eigenvalue weighted by Crippen LogP contribution is 2.38. The zero-order valence-corrected chi connectivity index (χ0v) is 23.6. The monoisotopic (exact) mass is 592 g/mol. The van der Waals surface area contributed by atoms with E-state index in [2.05, 4.69) is 0 Å². The number of aliphatic hydroxyl groups excluding tert-OH is 1. The van der Waals surface area contributed by atoms with Gasteiger partial charge in [-0.2, -0.15) is 0 Å². The molecular formula is C29H35F3N4O4S. The van der Waals surface area contributed by atoms with Crippen molar-refractivity contribution in [2.45, 2.75) is 50.9 Å². The number of benzene rings is 2. The Morgan fingerprint density at radius 2 is 1.85 bits per heavy atom.